The summed E-state index contributed by atoms with van der Waals surface area (Å²) < 4.78 is 16.1. The second kappa shape index (κ2) is 8.63. The van der Waals surface area contributed by atoms with Crippen molar-refractivity contribution in [1.29, 1.82) is 0 Å². The molecule has 0 N–H and O–H groups in total. The first kappa shape index (κ1) is 18.1. The number of hydrogen-bond donors (Lipinski definition) is 0. The summed E-state index contributed by atoms with van der Waals surface area (Å²) >= 11 is 1.62. The summed E-state index contributed by atoms with van der Waals surface area (Å²) in [4.78, 5) is 13.9. The lowest BCUT2D eigenvalue weighted by atomic mass is 10.0. The highest BCUT2D eigenvalue weighted by molar-refractivity contribution is 7.99. The predicted molar refractivity (Wildman–Crippen MR) is 102 cm³/mol. The van der Waals surface area contributed by atoms with Gasteiger partial charge in [0, 0.05) is 16.9 Å². The molecule has 1 heterocycles. The number of furan rings is 1. The SMILES string of the molecule is COc1ccc(C(=O)C[C@@H](Sc2ccccc2)c2ccco2)cc1OC. The molecule has 0 unspecified atom stereocenters. The minimum absolute atomic E-state index is 0.0239. The molecule has 0 bridgehead atoms. The molecule has 5 heteroatoms. The van der Waals surface area contributed by atoms with Crippen LogP contribution in [0.1, 0.15) is 27.8 Å². The van der Waals surface area contributed by atoms with Gasteiger partial charge in [0.05, 0.1) is 25.7 Å². The summed E-state index contributed by atoms with van der Waals surface area (Å²) in [6, 6.07) is 19.0. The van der Waals surface area contributed by atoms with Crippen molar-refractivity contribution in [3.63, 3.8) is 0 Å². The van der Waals surface area contributed by atoms with E-state index in [9.17, 15) is 4.79 Å². The normalized spacial score (nSPS) is 11.8. The van der Waals surface area contributed by atoms with E-state index in [1.807, 2.05) is 42.5 Å². The fourth-order valence-electron chi connectivity index (χ4n) is 2.63. The van der Waals surface area contributed by atoms with Crippen molar-refractivity contribution in [2.45, 2.75) is 16.6 Å². The summed E-state index contributed by atoms with van der Waals surface area (Å²) in [5.41, 5.74) is 0.591. The van der Waals surface area contributed by atoms with Crippen LogP contribution in [0.3, 0.4) is 0 Å². The molecule has 3 aromatic rings. The Balaban J connectivity index is 1.81. The largest absolute Gasteiger partial charge is 0.493 e. The van der Waals surface area contributed by atoms with E-state index in [1.165, 1.54) is 0 Å². The lowest BCUT2D eigenvalue weighted by Crippen LogP contribution is -2.05. The molecule has 0 aliphatic carbocycles. The van der Waals surface area contributed by atoms with Gasteiger partial charge in [0.1, 0.15) is 5.76 Å². The van der Waals surface area contributed by atoms with Crippen LogP contribution in [0.25, 0.3) is 0 Å². The molecule has 3 rings (SSSR count). The minimum atomic E-state index is -0.104. The number of ether oxygens (including phenoxy) is 2. The number of hydrogen-bond acceptors (Lipinski definition) is 5. The van der Waals surface area contributed by atoms with Gasteiger partial charge in [-0.25, -0.2) is 0 Å². The highest BCUT2D eigenvalue weighted by Crippen LogP contribution is 2.39. The second-order valence-corrected chi connectivity index (χ2v) is 6.91. The first-order valence-corrected chi connectivity index (χ1v) is 9.09. The fraction of sp³-hybridized carbons (Fsp3) is 0.190. The van der Waals surface area contributed by atoms with Gasteiger partial charge < -0.3 is 13.9 Å². The first-order chi connectivity index (χ1) is 12.7. The average Bonchev–Trinajstić information content (AvgIpc) is 3.22. The average molecular weight is 368 g/mol. The van der Waals surface area contributed by atoms with Gasteiger partial charge in [0.2, 0.25) is 0 Å². The van der Waals surface area contributed by atoms with Crippen molar-refractivity contribution in [3.8, 4) is 11.5 Å². The van der Waals surface area contributed by atoms with Gasteiger partial charge in [-0.05, 0) is 42.5 Å². The van der Waals surface area contributed by atoms with Crippen molar-refractivity contribution in [3.05, 3.63) is 78.3 Å². The van der Waals surface area contributed by atoms with Crippen molar-refractivity contribution in [2.75, 3.05) is 14.2 Å². The number of thioether (sulfide) groups is 1. The second-order valence-electron chi connectivity index (χ2n) is 5.63. The van der Waals surface area contributed by atoms with Crippen molar-refractivity contribution < 1.29 is 18.7 Å². The van der Waals surface area contributed by atoms with Crippen LogP contribution in [0, 0.1) is 0 Å². The van der Waals surface area contributed by atoms with Crippen LogP contribution >= 0.6 is 11.8 Å². The lowest BCUT2D eigenvalue weighted by Gasteiger charge is -2.14. The van der Waals surface area contributed by atoms with Crippen LogP contribution in [-0.4, -0.2) is 20.0 Å². The van der Waals surface area contributed by atoms with Gasteiger partial charge in [0.25, 0.3) is 0 Å². The van der Waals surface area contributed by atoms with E-state index in [1.54, 1.807) is 50.4 Å². The Kier molecular flexibility index (Phi) is 6.02. The van der Waals surface area contributed by atoms with E-state index >= 15 is 0 Å². The highest BCUT2D eigenvalue weighted by atomic mass is 32.2. The van der Waals surface area contributed by atoms with Crippen LogP contribution in [0.4, 0.5) is 0 Å². The standard InChI is InChI=1S/C21H20O4S/c1-23-18-11-10-15(13-20(18)24-2)17(22)14-21(19-9-6-12-25-19)26-16-7-4-3-5-8-16/h3-13,21H,14H2,1-2H3/t21-/m1/s1. The Bertz CT molecular complexity index is 844. The molecular weight excluding hydrogens is 348 g/mol. The van der Waals surface area contributed by atoms with E-state index in [-0.39, 0.29) is 11.0 Å². The Morgan fingerprint density at radius 3 is 2.42 bits per heavy atom. The molecule has 0 spiro atoms. The molecule has 1 atom stereocenters. The van der Waals surface area contributed by atoms with Gasteiger partial charge >= 0.3 is 0 Å². The van der Waals surface area contributed by atoms with Gasteiger partial charge in [-0.1, -0.05) is 18.2 Å². The molecule has 0 radical (unpaired) electrons. The maximum absolute atomic E-state index is 12.9. The zero-order chi connectivity index (χ0) is 18.4. The van der Waals surface area contributed by atoms with E-state index in [4.69, 9.17) is 13.9 Å². The monoisotopic (exact) mass is 368 g/mol. The van der Waals surface area contributed by atoms with Crippen LogP contribution in [0.15, 0.2) is 76.2 Å². The van der Waals surface area contributed by atoms with E-state index in [0.29, 0.717) is 23.5 Å². The maximum atomic E-state index is 12.9. The van der Waals surface area contributed by atoms with Crippen molar-refractivity contribution in [1.82, 2.24) is 0 Å². The molecule has 134 valence electrons. The number of Topliss-reactive ketones (excluding diaryl/α,β-unsaturated/α-hetero) is 1. The van der Waals surface area contributed by atoms with Gasteiger partial charge in [0.15, 0.2) is 17.3 Å². The number of ketones is 1. The molecule has 2 aromatic carbocycles. The Hall–Kier alpha value is -2.66. The number of benzene rings is 2. The Morgan fingerprint density at radius 2 is 1.77 bits per heavy atom. The fourth-order valence-corrected chi connectivity index (χ4v) is 3.76. The molecule has 4 nitrogen and oxygen atoms in total. The quantitative estimate of drug-likeness (QED) is 0.393. The van der Waals surface area contributed by atoms with Crippen LogP contribution < -0.4 is 9.47 Å². The molecule has 0 saturated heterocycles. The number of carbonyl (C=O) groups excluding carboxylic acids is 1. The van der Waals surface area contributed by atoms with Crippen LogP contribution in [-0.2, 0) is 0 Å². The highest BCUT2D eigenvalue weighted by Gasteiger charge is 2.21. The summed E-state index contributed by atoms with van der Waals surface area (Å²) in [5.74, 6) is 1.96. The van der Waals surface area contributed by atoms with Gasteiger partial charge in [-0.2, -0.15) is 0 Å². The number of rotatable bonds is 8. The smallest absolute Gasteiger partial charge is 0.164 e. The third kappa shape index (κ3) is 4.29. The number of carbonyl (C=O) groups is 1. The Morgan fingerprint density at radius 1 is 1.00 bits per heavy atom. The molecule has 0 aliphatic heterocycles. The summed E-state index contributed by atoms with van der Waals surface area (Å²) in [6.45, 7) is 0. The van der Waals surface area contributed by atoms with E-state index in [2.05, 4.69) is 0 Å². The molecular formula is C21H20O4S. The van der Waals surface area contributed by atoms with Gasteiger partial charge in [-0.15, -0.1) is 11.8 Å². The zero-order valence-corrected chi connectivity index (χ0v) is 15.5. The Labute approximate surface area is 157 Å². The van der Waals surface area contributed by atoms with Crippen LogP contribution in [0.5, 0.6) is 11.5 Å². The topological polar surface area (TPSA) is 48.7 Å². The molecule has 0 fully saturated rings. The summed E-state index contributed by atoms with van der Waals surface area (Å²) in [5, 5.41) is -0.104. The third-order valence-electron chi connectivity index (χ3n) is 3.96. The lowest BCUT2D eigenvalue weighted by molar-refractivity contribution is 0.0979. The first-order valence-electron chi connectivity index (χ1n) is 8.21. The predicted octanol–water partition coefficient (Wildman–Crippen LogP) is 5.40. The minimum Gasteiger partial charge on any atom is -0.493 e. The maximum Gasteiger partial charge on any atom is 0.164 e. The molecule has 0 saturated carbocycles. The molecule has 26 heavy (non-hydrogen) atoms. The van der Waals surface area contributed by atoms with Gasteiger partial charge in [-0.3, -0.25) is 4.79 Å². The van der Waals surface area contributed by atoms with Crippen LogP contribution in [0.2, 0.25) is 0 Å². The number of methoxy groups -OCH3 is 2. The molecule has 1 aromatic heterocycles. The molecule has 0 amide bonds. The third-order valence-corrected chi connectivity index (χ3v) is 5.19. The molecule has 0 aliphatic rings. The van der Waals surface area contributed by atoms with E-state index < -0.39 is 0 Å². The summed E-state index contributed by atoms with van der Waals surface area (Å²) in [7, 11) is 3.13. The summed E-state index contributed by atoms with van der Waals surface area (Å²) in [6.07, 6.45) is 1.96. The van der Waals surface area contributed by atoms with E-state index in [0.717, 1.165) is 10.7 Å². The van der Waals surface area contributed by atoms with Crippen molar-refractivity contribution >= 4 is 17.5 Å². The van der Waals surface area contributed by atoms with Crippen molar-refractivity contribution in [2.24, 2.45) is 0 Å². The zero-order valence-electron chi connectivity index (χ0n) is 14.7.